The zero-order valence-electron chi connectivity index (χ0n) is 29.9. The van der Waals surface area contributed by atoms with Crippen molar-refractivity contribution in [3.63, 3.8) is 0 Å². The minimum atomic E-state index is -0.0710. The van der Waals surface area contributed by atoms with Crippen LogP contribution in [-0.4, -0.2) is 25.2 Å². The molecule has 0 heterocycles. The van der Waals surface area contributed by atoms with E-state index in [0.29, 0.717) is 26.1 Å². The van der Waals surface area contributed by atoms with E-state index in [4.69, 9.17) is 9.47 Å². The van der Waals surface area contributed by atoms with Gasteiger partial charge < -0.3 is 9.47 Å². The Hall–Kier alpha value is -2.62. The summed E-state index contributed by atoms with van der Waals surface area (Å²) in [6.45, 7) is 5.43. The lowest BCUT2D eigenvalue weighted by atomic mass is 10.1. The summed E-state index contributed by atoms with van der Waals surface area (Å²) < 4.78 is 10.7. The van der Waals surface area contributed by atoms with Gasteiger partial charge in [0.15, 0.2) is 0 Å². The van der Waals surface area contributed by atoms with Gasteiger partial charge in [-0.3, -0.25) is 9.59 Å². The molecule has 0 saturated carbocycles. The van der Waals surface area contributed by atoms with Gasteiger partial charge in [-0.2, -0.15) is 0 Å². The molecule has 0 atom stereocenters. The summed E-state index contributed by atoms with van der Waals surface area (Å²) in [5.41, 5.74) is 0. The van der Waals surface area contributed by atoms with Crippen LogP contribution in [0.15, 0.2) is 72.9 Å². The number of allylic oxidation sites excluding steroid dienone is 12. The minimum absolute atomic E-state index is 0.0710. The number of carbonyl (C=O) groups excluding carboxylic acids is 2. The Kier molecular flexibility index (Phi) is 36.4. The molecule has 0 aromatic carbocycles. The molecule has 0 N–H and O–H groups in total. The quantitative estimate of drug-likeness (QED) is 0.0408. The molecule has 0 fully saturated rings. The molecule has 262 valence electrons. The third kappa shape index (κ3) is 37.6. The second kappa shape index (κ2) is 38.6. The third-order valence-corrected chi connectivity index (χ3v) is 7.73. The van der Waals surface area contributed by atoms with Crippen LogP contribution >= 0.6 is 0 Å². The second-order valence-corrected chi connectivity index (χ2v) is 12.2. The van der Waals surface area contributed by atoms with Crippen molar-refractivity contribution in [3.8, 4) is 0 Å². The van der Waals surface area contributed by atoms with Gasteiger partial charge in [0.2, 0.25) is 0 Å². The lowest BCUT2D eigenvalue weighted by molar-refractivity contribution is -0.145. The largest absolute Gasteiger partial charge is 0.466 e. The summed E-state index contributed by atoms with van der Waals surface area (Å²) in [5, 5.41) is 0. The van der Waals surface area contributed by atoms with Gasteiger partial charge >= 0.3 is 11.9 Å². The summed E-state index contributed by atoms with van der Waals surface area (Å²) in [7, 11) is 0. The predicted molar refractivity (Wildman–Crippen MR) is 199 cm³/mol. The van der Waals surface area contributed by atoms with Gasteiger partial charge in [-0.1, -0.05) is 151 Å². The van der Waals surface area contributed by atoms with Gasteiger partial charge in [0.25, 0.3) is 0 Å². The van der Waals surface area contributed by atoms with Crippen molar-refractivity contribution in [2.45, 2.75) is 168 Å². The highest BCUT2D eigenvalue weighted by atomic mass is 16.5. The second-order valence-electron chi connectivity index (χ2n) is 12.2. The molecule has 0 aliphatic rings. The molecule has 0 aliphatic carbocycles. The van der Waals surface area contributed by atoms with Crippen molar-refractivity contribution in [2.75, 3.05) is 13.2 Å². The van der Waals surface area contributed by atoms with Gasteiger partial charge in [-0.05, 0) is 77.0 Å². The van der Waals surface area contributed by atoms with E-state index in [1.54, 1.807) is 0 Å². The topological polar surface area (TPSA) is 52.6 Å². The van der Waals surface area contributed by atoms with E-state index >= 15 is 0 Å². The Morgan fingerprint density at radius 2 is 0.674 bits per heavy atom. The van der Waals surface area contributed by atoms with E-state index in [2.05, 4.69) is 86.8 Å². The number of hydrogen-bond acceptors (Lipinski definition) is 4. The Morgan fingerprint density at radius 3 is 1.04 bits per heavy atom. The van der Waals surface area contributed by atoms with Crippen molar-refractivity contribution in [2.24, 2.45) is 0 Å². The molecule has 0 bridgehead atoms. The first-order chi connectivity index (χ1) is 22.7. The molecule has 4 nitrogen and oxygen atoms in total. The first-order valence-corrected chi connectivity index (χ1v) is 19.0. The maximum atomic E-state index is 11.9. The van der Waals surface area contributed by atoms with Crippen LogP contribution in [0.1, 0.15) is 168 Å². The van der Waals surface area contributed by atoms with Crippen LogP contribution in [-0.2, 0) is 19.1 Å². The third-order valence-electron chi connectivity index (χ3n) is 7.73. The number of hydrogen-bond donors (Lipinski definition) is 0. The molecule has 0 aromatic heterocycles. The molecule has 0 radical (unpaired) electrons. The smallest absolute Gasteiger partial charge is 0.305 e. The van der Waals surface area contributed by atoms with E-state index in [-0.39, 0.29) is 11.9 Å². The maximum Gasteiger partial charge on any atom is 0.305 e. The summed E-state index contributed by atoms with van der Waals surface area (Å²) in [5.74, 6) is -0.142. The number of unbranched alkanes of at least 4 members (excludes halogenated alkanes) is 17. The molecule has 0 aliphatic heterocycles. The monoisotopic (exact) mass is 639 g/mol. The molecule has 0 saturated heterocycles. The predicted octanol–water partition coefficient (Wildman–Crippen LogP) is 12.8. The molecular formula is C42H70O4. The lowest BCUT2D eigenvalue weighted by Gasteiger charge is -2.06. The summed E-state index contributed by atoms with van der Waals surface area (Å²) in [6, 6.07) is 0. The molecule has 0 rings (SSSR count). The van der Waals surface area contributed by atoms with Crippen LogP contribution in [0.25, 0.3) is 0 Å². The summed E-state index contributed by atoms with van der Waals surface area (Å²) in [6.07, 6.45) is 51.4. The van der Waals surface area contributed by atoms with Crippen LogP contribution in [0.2, 0.25) is 0 Å². The van der Waals surface area contributed by atoms with Gasteiger partial charge in [-0.15, -0.1) is 0 Å². The standard InChI is InChI=1S/C42H70O4/c1-3-5-7-9-11-13-15-17-19-21-23-25-27-29-33-37-41(43)45-39-35-31-32-36-40-46-42(44)38-34-30-28-26-24-22-20-18-16-14-12-10-8-6-4-2/h9-20H,3-8,21-40H2,1-2H3. The van der Waals surface area contributed by atoms with Crippen LogP contribution in [0.3, 0.4) is 0 Å². The highest BCUT2D eigenvalue weighted by Gasteiger charge is 2.04. The molecule has 4 heteroatoms. The maximum absolute atomic E-state index is 11.9. The fourth-order valence-electron chi connectivity index (χ4n) is 4.80. The summed E-state index contributed by atoms with van der Waals surface area (Å²) >= 11 is 0. The van der Waals surface area contributed by atoms with Crippen LogP contribution in [0.4, 0.5) is 0 Å². The van der Waals surface area contributed by atoms with Crippen molar-refractivity contribution >= 4 is 11.9 Å². The van der Waals surface area contributed by atoms with Crippen LogP contribution in [0.5, 0.6) is 0 Å². The van der Waals surface area contributed by atoms with Crippen molar-refractivity contribution < 1.29 is 19.1 Å². The van der Waals surface area contributed by atoms with Gasteiger partial charge in [0, 0.05) is 12.8 Å². The van der Waals surface area contributed by atoms with Gasteiger partial charge in [-0.25, -0.2) is 0 Å². The van der Waals surface area contributed by atoms with Crippen LogP contribution < -0.4 is 0 Å². The minimum Gasteiger partial charge on any atom is -0.466 e. The number of ether oxygens (including phenoxy) is 2. The highest BCUT2D eigenvalue weighted by molar-refractivity contribution is 5.69. The Morgan fingerprint density at radius 1 is 0.370 bits per heavy atom. The number of carbonyl (C=O) groups is 2. The first-order valence-electron chi connectivity index (χ1n) is 19.0. The normalized spacial score (nSPS) is 12.3. The van der Waals surface area contributed by atoms with Crippen LogP contribution in [0, 0.1) is 0 Å². The Bertz CT molecular complexity index is 776. The zero-order valence-corrected chi connectivity index (χ0v) is 29.9. The molecule has 0 amide bonds. The molecule has 0 aromatic rings. The first kappa shape index (κ1) is 43.4. The summed E-state index contributed by atoms with van der Waals surface area (Å²) in [4.78, 5) is 23.9. The van der Waals surface area contributed by atoms with E-state index in [1.165, 1.54) is 77.0 Å². The Balaban J connectivity index is 3.40. The van der Waals surface area contributed by atoms with E-state index in [9.17, 15) is 9.59 Å². The average Bonchev–Trinajstić information content (AvgIpc) is 3.05. The van der Waals surface area contributed by atoms with Gasteiger partial charge in [0.1, 0.15) is 0 Å². The average molecular weight is 639 g/mol. The highest BCUT2D eigenvalue weighted by Crippen LogP contribution is 2.10. The molecule has 0 spiro atoms. The van der Waals surface area contributed by atoms with Crippen molar-refractivity contribution in [1.29, 1.82) is 0 Å². The molecule has 0 unspecified atom stereocenters. The number of esters is 2. The van der Waals surface area contributed by atoms with Crippen molar-refractivity contribution in [3.05, 3.63) is 72.9 Å². The fraction of sp³-hybridized carbons (Fsp3) is 0.667. The molecule has 46 heavy (non-hydrogen) atoms. The lowest BCUT2D eigenvalue weighted by Crippen LogP contribution is -2.07. The number of rotatable bonds is 33. The van der Waals surface area contributed by atoms with E-state index in [1.807, 2.05) is 0 Å². The SMILES string of the molecule is CCCCC=CC=CC=CCCCCCCCC(=O)OCCCCCCOC(=O)CCCCCCCC=CC=CC=CCCCC. The van der Waals surface area contributed by atoms with E-state index < -0.39 is 0 Å². The van der Waals surface area contributed by atoms with Gasteiger partial charge in [0.05, 0.1) is 13.2 Å². The Labute approximate surface area is 284 Å². The fourth-order valence-corrected chi connectivity index (χ4v) is 4.80. The van der Waals surface area contributed by atoms with E-state index in [0.717, 1.165) is 64.2 Å². The molecular weight excluding hydrogens is 568 g/mol. The van der Waals surface area contributed by atoms with Crippen molar-refractivity contribution in [1.82, 2.24) is 0 Å². The zero-order chi connectivity index (χ0) is 33.4.